The molecular weight excluding hydrogens is 335 g/mol. The molecule has 3 aromatic rings. The van der Waals surface area contributed by atoms with Crippen LogP contribution < -0.4 is 10.6 Å². The molecule has 0 bridgehead atoms. The van der Waals surface area contributed by atoms with Gasteiger partial charge >= 0.3 is 0 Å². The maximum Gasteiger partial charge on any atom is 0.234 e. The number of aromatic nitrogens is 2. The minimum atomic E-state index is -0.690. The van der Waals surface area contributed by atoms with Crippen LogP contribution in [-0.2, 0) is 16.1 Å². The third kappa shape index (κ3) is 2.71. The lowest BCUT2D eigenvalue weighted by Crippen LogP contribution is -2.31. The summed E-state index contributed by atoms with van der Waals surface area (Å²) in [6, 6.07) is 11.7. The Labute approximate surface area is 149 Å². The minimum Gasteiger partial charge on any atom is -0.326 e. The normalized spacial score (nSPS) is 16.2. The number of carbonyl (C=O) groups excluding carboxylic acids is 2. The van der Waals surface area contributed by atoms with Gasteiger partial charge in [0.15, 0.2) is 0 Å². The van der Waals surface area contributed by atoms with Crippen LogP contribution in [0, 0.1) is 5.82 Å². The van der Waals surface area contributed by atoms with Gasteiger partial charge in [-0.25, -0.2) is 9.37 Å². The van der Waals surface area contributed by atoms with E-state index in [2.05, 4.69) is 15.6 Å². The molecule has 7 heteroatoms. The SMILES string of the molecule is CCn1c(NC(=O)[C@@H]2CC(=O)Nc3cc(F)ccc32)nc2ccccc21. The molecule has 0 saturated carbocycles. The Kier molecular flexibility index (Phi) is 3.91. The number of rotatable bonds is 3. The monoisotopic (exact) mass is 352 g/mol. The first kappa shape index (κ1) is 16.3. The van der Waals surface area contributed by atoms with Gasteiger partial charge in [-0.3, -0.25) is 14.9 Å². The highest BCUT2D eigenvalue weighted by atomic mass is 19.1. The van der Waals surface area contributed by atoms with Crippen LogP contribution in [0.4, 0.5) is 16.0 Å². The van der Waals surface area contributed by atoms with Gasteiger partial charge in [0, 0.05) is 18.7 Å². The fraction of sp³-hybridized carbons (Fsp3) is 0.211. The van der Waals surface area contributed by atoms with Crippen LogP contribution in [0.3, 0.4) is 0 Å². The second kappa shape index (κ2) is 6.25. The molecule has 0 fully saturated rings. The maximum atomic E-state index is 13.4. The lowest BCUT2D eigenvalue weighted by molar-refractivity contribution is -0.123. The molecule has 6 nitrogen and oxygen atoms in total. The molecule has 0 aliphatic carbocycles. The summed E-state index contributed by atoms with van der Waals surface area (Å²) in [5.41, 5.74) is 2.65. The summed E-state index contributed by atoms with van der Waals surface area (Å²) in [5, 5.41) is 5.45. The second-order valence-corrected chi connectivity index (χ2v) is 6.19. The Balaban J connectivity index is 1.68. The summed E-state index contributed by atoms with van der Waals surface area (Å²) in [4.78, 5) is 29.3. The predicted molar refractivity (Wildman–Crippen MR) is 96.4 cm³/mol. The Morgan fingerprint density at radius 3 is 2.96 bits per heavy atom. The molecule has 2 N–H and O–H groups in total. The summed E-state index contributed by atoms with van der Waals surface area (Å²) in [6.45, 7) is 2.61. The maximum absolute atomic E-state index is 13.4. The van der Waals surface area contributed by atoms with Crippen LogP contribution in [0.5, 0.6) is 0 Å². The summed E-state index contributed by atoms with van der Waals surface area (Å²) < 4.78 is 15.4. The number of halogens is 1. The summed E-state index contributed by atoms with van der Waals surface area (Å²) in [7, 11) is 0. The lowest BCUT2D eigenvalue weighted by Gasteiger charge is -2.24. The highest BCUT2D eigenvalue weighted by Gasteiger charge is 2.31. The van der Waals surface area contributed by atoms with Crippen LogP contribution in [-0.4, -0.2) is 21.4 Å². The number of aryl methyl sites for hydroxylation is 1. The molecule has 26 heavy (non-hydrogen) atoms. The van der Waals surface area contributed by atoms with Crippen molar-refractivity contribution in [2.45, 2.75) is 25.8 Å². The minimum absolute atomic E-state index is 0.0107. The van der Waals surface area contributed by atoms with Gasteiger partial charge in [-0.2, -0.15) is 0 Å². The fourth-order valence-electron chi connectivity index (χ4n) is 3.36. The van der Waals surface area contributed by atoms with Crippen LogP contribution in [0.1, 0.15) is 24.8 Å². The molecule has 1 aliphatic rings. The van der Waals surface area contributed by atoms with Crippen molar-refractivity contribution >= 4 is 34.5 Å². The number of amides is 2. The number of carbonyl (C=O) groups is 2. The Hall–Kier alpha value is -3.22. The largest absolute Gasteiger partial charge is 0.326 e. The zero-order valence-corrected chi connectivity index (χ0v) is 14.1. The van der Waals surface area contributed by atoms with E-state index in [9.17, 15) is 14.0 Å². The molecule has 1 aromatic heterocycles. The number of para-hydroxylation sites is 2. The smallest absolute Gasteiger partial charge is 0.234 e. The van der Waals surface area contributed by atoms with Gasteiger partial charge in [0.1, 0.15) is 5.82 Å². The molecule has 1 atom stereocenters. The first-order valence-corrected chi connectivity index (χ1v) is 8.42. The van der Waals surface area contributed by atoms with E-state index in [0.29, 0.717) is 23.7 Å². The van der Waals surface area contributed by atoms with Crippen molar-refractivity contribution in [3.63, 3.8) is 0 Å². The van der Waals surface area contributed by atoms with Gasteiger partial charge in [0.25, 0.3) is 0 Å². The van der Waals surface area contributed by atoms with Crippen molar-refractivity contribution in [1.29, 1.82) is 0 Å². The van der Waals surface area contributed by atoms with E-state index >= 15 is 0 Å². The van der Waals surface area contributed by atoms with E-state index < -0.39 is 11.7 Å². The molecule has 0 radical (unpaired) electrons. The number of anilines is 2. The van der Waals surface area contributed by atoms with E-state index in [4.69, 9.17) is 0 Å². The number of nitrogens with zero attached hydrogens (tertiary/aromatic N) is 2. The molecule has 132 valence electrons. The highest BCUT2D eigenvalue weighted by Crippen LogP contribution is 2.33. The van der Waals surface area contributed by atoms with Crippen molar-refractivity contribution in [3.05, 3.63) is 53.8 Å². The molecule has 2 amide bonds. The van der Waals surface area contributed by atoms with Crippen molar-refractivity contribution in [2.75, 3.05) is 10.6 Å². The average Bonchev–Trinajstić information content (AvgIpc) is 2.97. The van der Waals surface area contributed by atoms with Gasteiger partial charge in [-0.1, -0.05) is 18.2 Å². The topological polar surface area (TPSA) is 76.0 Å². The summed E-state index contributed by atoms with van der Waals surface area (Å²) in [5.74, 6) is -1.36. The standard InChI is InChI=1S/C19H17FN4O2/c1-2-24-16-6-4-3-5-14(16)22-19(24)23-18(26)13-10-17(25)21-15-9-11(20)7-8-12(13)15/h3-9,13H,2,10H2,1H3,(H,21,25)(H,22,23,26)/t13-/m1/s1. The van der Waals surface area contributed by atoms with E-state index in [1.165, 1.54) is 18.2 Å². The Morgan fingerprint density at radius 1 is 1.35 bits per heavy atom. The Morgan fingerprint density at radius 2 is 2.15 bits per heavy atom. The van der Waals surface area contributed by atoms with Crippen molar-refractivity contribution < 1.29 is 14.0 Å². The third-order valence-corrected chi connectivity index (χ3v) is 4.58. The predicted octanol–water partition coefficient (Wildman–Crippen LogP) is 3.26. The number of benzene rings is 2. The van der Waals surface area contributed by atoms with Crippen molar-refractivity contribution in [3.8, 4) is 0 Å². The van der Waals surface area contributed by atoms with Gasteiger partial charge < -0.3 is 9.88 Å². The highest BCUT2D eigenvalue weighted by molar-refractivity contribution is 6.05. The van der Waals surface area contributed by atoms with Crippen LogP contribution in [0.15, 0.2) is 42.5 Å². The van der Waals surface area contributed by atoms with Crippen molar-refractivity contribution in [2.24, 2.45) is 0 Å². The number of fused-ring (bicyclic) bond motifs is 2. The van der Waals surface area contributed by atoms with Gasteiger partial charge in [0.2, 0.25) is 17.8 Å². The number of hydrogen-bond acceptors (Lipinski definition) is 3. The van der Waals surface area contributed by atoms with Crippen LogP contribution in [0.2, 0.25) is 0 Å². The van der Waals surface area contributed by atoms with Gasteiger partial charge in [-0.15, -0.1) is 0 Å². The summed E-state index contributed by atoms with van der Waals surface area (Å²) >= 11 is 0. The second-order valence-electron chi connectivity index (χ2n) is 6.19. The quantitative estimate of drug-likeness (QED) is 0.760. The Bertz CT molecular complexity index is 1030. The molecule has 0 unspecified atom stereocenters. The average molecular weight is 352 g/mol. The van der Waals surface area contributed by atoms with E-state index in [-0.39, 0.29) is 18.2 Å². The molecule has 4 rings (SSSR count). The molecule has 1 aliphatic heterocycles. The molecule has 0 spiro atoms. The number of nitrogens with one attached hydrogen (secondary N) is 2. The first-order valence-electron chi connectivity index (χ1n) is 8.42. The first-order chi connectivity index (χ1) is 12.6. The van der Waals surface area contributed by atoms with E-state index in [1.54, 1.807) is 0 Å². The third-order valence-electron chi connectivity index (χ3n) is 4.58. The molecule has 2 aromatic carbocycles. The van der Waals surface area contributed by atoms with E-state index in [0.717, 1.165) is 11.0 Å². The van der Waals surface area contributed by atoms with E-state index in [1.807, 2.05) is 35.8 Å². The molecular formula is C19H17FN4O2. The van der Waals surface area contributed by atoms with Crippen molar-refractivity contribution in [1.82, 2.24) is 9.55 Å². The lowest BCUT2D eigenvalue weighted by atomic mass is 9.90. The molecule has 0 saturated heterocycles. The van der Waals surface area contributed by atoms with Gasteiger partial charge in [0.05, 0.1) is 17.0 Å². The number of hydrogen-bond donors (Lipinski definition) is 2. The number of imidazole rings is 1. The van der Waals surface area contributed by atoms with Crippen LogP contribution in [0.25, 0.3) is 11.0 Å². The van der Waals surface area contributed by atoms with Gasteiger partial charge in [-0.05, 0) is 36.8 Å². The molecule has 2 heterocycles. The summed E-state index contributed by atoms with van der Waals surface area (Å²) in [6.07, 6.45) is 0.0107. The van der Waals surface area contributed by atoms with Crippen LogP contribution >= 0.6 is 0 Å². The zero-order valence-electron chi connectivity index (χ0n) is 14.1. The zero-order chi connectivity index (χ0) is 18.3. The fourth-order valence-corrected chi connectivity index (χ4v) is 3.36.